The minimum atomic E-state index is -0.516. The summed E-state index contributed by atoms with van der Waals surface area (Å²) < 4.78 is 5.39. The van der Waals surface area contributed by atoms with Crippen LogP contribution < -0.4 is 10.6 Å². The summed E-state index contributed by atoms with van der Waals surface area (Å²) in [6, 6.07) is 5.30. The molecule has 158 valence electrons. The van der Waals surface area contributed by atoms with Gasteiger partial charge in [-0.25, -0.2) is 9.59 Å². The zero-order chi connectivity index (χ0) is 21.1. The molecule has 0 radical (unpaired) electrons. The van der Waals surface area contributed by atoms with Gasteiger partial charge in [-0.05, 0) is 50.2 Å². The van der Waals surface area contributed by atoms with E-state index in [1.807, 2.05) is 32.0 Å². The predicted octanol–water partition coefficient (Wildman–Crippen LogP) is 3.45. The molecule has 2 aliphatic heterocycles. The van der Waals surface area contributed by atoms with E-state index in [-0.39, 0.29) is 12.0 Å². The minimum absolute atomic E-state index is 0.280. The van der Waals surface area contributed by atoms with Gasteiger partial charge in [0.1, 0.15) is 0 Å². The van der Waals surface area contributed by atoms with Crippen LogP contribution in [0.4, 0.5) is 4.79 Å². The molecular weight excluding hydrogens is 366 g/mol. The second-order valence-corrected chi connectivity index (χ2v) is 8.64. The number of carbonyl (C=O) groups excluding carboxylic acids is 2. The fourth-order valence-corrected chi connectivity index (χ4v) is 4.64. The molecule has 2 aliphatic rings. The van der Waals surface area contributed by atoms with Crippen molar-refractivity contribution in [3.05, 3.63) is 46.2 Å². The molecule has 1 fully saturated rings. The number of rotatable bonds is 5. The number of piperidine rings is 1. The lowest BCUT2D eigenvalue weighted by Crippen LogP contribution is -2.50. The normalized spacial score (nSPS) is 25.4. The highest BCUT2D eigenvalue weighted by Gasteiger charge is 2.35. The van der Waals surface area contributed by atoms with Crippen molar-refractivity contribution in [2.45, 2.75) is 47.1 Å². The zero-order valence-electron chi connectivity index (χ0n) is 18.2. The van der Waals surface area contributed by atoms with Crippen LogP contribution in [0.1, 0.15) is 49.9 Å². The van der Waals surface area contributed by atoms with Crippen molar-refractivity contribution in [3.8, 4) is 0 Å². The van der Waals surface area contributed by atoms with Gasteiger partial charge in [-0.2, -0.15) is 0 Å². The third kappa shape index (κ3) is 4.99. The fraction of sp³-hybridized carbons (Fsp3) is 0.565. The summed E-state index contributed by atoms with van der Waals surface area (Å²) in [5, 5.41) is 5.85. The van der Waals surface area contributed by atoms with Crippen molar-refractivity contribution < 1.29 is 14.3 Å². The first-order valence-electron chi connectivity index (χ1n) is 10.6. The van der Waals surface area contributed by atoms with Crippen LogP contribution in [-0.2, 0) is 9.53 Å². The number of aryl methyl sites for hydroxylation is 2. The Labute approximate surface area is 173 Å². The molecule has 2 heterocycles. The molecule has 3 atom stereocenters. The average Bonchev–Trinajstić information content (AvgIpc) is 2.62. The van der Waals surface area contributed by atoms with Crippen LogP contribution in [0.3, 0.4) is 0 Å². The smallest absolute Gasteiger partial charge is 0.338 e. The highest BCUT2D eigenvalue weighted by molar-refractivity contribution is 5.95. The first-order valence-corrected chi connectivity index (χ1v) is 10.6. The fourth-order valence-electron chi connectivity index (χ4n) is 4.64. The molecule has 29 heavy (non-hydrogen) atoms. The second kappa shape index (κ2) is 8.99. The Hall–Kier alpha value is -2.34. The highest BCUT2D eigenvalue weighted by Crippen LogP contribution is 2.31. The first kappa shape index (κ1) is 21.4. The van der Waals surface area contributed by atoms with E-state index in [0.717, 1.165) is 29.8 Å². The van der Waals surface area contributed by atoms with Crippen LogP contribution in [-0.4, -0.2) is 43.1 Å². The highest BCUT2D eigenvalue weighted by atomic mass is 16.5. The maximum absolute atomic E-state index is 13.0. The monoisotopic (exact) mass is 399 g/mol. The number of ether oxygens (including phenoxy) is 1. The van der Waals surface area contributed by atoms with Crippen molar-refractivity contribution in [1.29, 1.82) is 0 Å². The van der Waals surface area contributed by atoms with Gasteiger partial charge < -0.3 is 15.4 Å². The van der Waals surface area contributed by atoms with Crippen LogP contribution in [0.15, 0.2) is 29.5 Å². The number of esters is 1. The first-order chi connectivity index (χ1) is 13.8. The maximum Gasteiger partial charge on any atom is 0.338 e. The molecule has 0 unspecified atom stereocenters. The summed E-state index contributed by atoms with van der Waals surface area (Å²) >= 11 is 0. The van der Waals surface area contributed by atoms with Crippen LogP contribution in [0.25, 0.3) is 0 Å². The van der Waals surface area contributed by atoms with E-state index in [1.54, 1.807) is 6.92 Å². The molecule has 0 saturated carbocycles. The Morgan fingerprint density at radius 3 is 2.55 bits per heavy atom. The molecule has 0 spiro atoms. The lowest BCUT2D eigenvalue weighted by Gasteiger charge is -2.37. The number of carbonyl (C=O) groups is 2. The van der Waals surface area contributed by atoms with Crippen molar-refractivity contribution in [3.63, 3.8) is 0 Å². The molecule has 1 saturated heterocycles. The quantitative estimate of drug-likeness (QED) is 0.744. The molecule has 2 N–H and O–H groups in total. The third-order valence-corrected chi connectivity index (χ3v) is 5.72. The Morgan fingerprint density at radius 2 is 1.90 bits per heavy atom. The van der Waals surface area contributed by atoms with E-state index in [2.05, 4.69) is 29.4 Å². The summed E-state index contributed by atoms with van der Waals surface area (Å²) in [5.41, 5.74) is 4.21. The number of benzene rings is 1. The van der Waals surface area contributed by atoms with Crippen molar-refractivity contribution in [1.82, 2.24) is 15.5 Å². The maximum atomic E-state index is 13.0. The summed E-state index contributed by atoms with van der Waals surface area (Å²) in [6.07, 6.45) is 1.21. The van der Waals surface area contributed by atoms with Crippen LogP contribution in [0, 0.1) is 25.7 Å². The van der Waals surface area contributed by atoms with Crippen LogP contribution in [0.2, 0.25) is 0 Å². The summed E-state index contributed by atoms with van der Waals surface area (Å²) in [5.74, 6) is 0.814. The van der Waals surface area contributed by atoms with E-state index < -0.39 is 6.04 Å². The third-order valence-electron chi connectivity index (χ3n) is 5.72. The standard InChI is InChI=1S/C23H33N3O3/c1-6-29-22(27)20-19(13-26-11-15(3)9-16(4)12-26)24-23(28)25-21(20)18-10-14(2)7-8-17(18)5/h7-8,10,15-16,21H,6,9,11-13H2,1-5H3,(H2,24,25,28)/t15-,16+,21-/m1/s1. The van der Waals surface area contributed by atoms with Gasteiger partial charge in [-0.1, -0.05) is 37.6 Å². The minimum Gasteiger partial charge on any atom is -0.463 e. The zero-order valence-corrected chi connectivity index (χ0v) is 18.2. The second-order valence-electron chi connectivity index (χ2n) is 8.64. The summed E-state index contributed by atoms with van der Waals surface area (Å²) in [7, 11) is 0. The Kier molecular flexibility index (Phi) is 6.63. The molecule has 0 aliphatic carbocycles. The number of nitrogens with zero attached hydrogens (tertiary/aromatic N) is 1. The number of hydrogen-bond acceptors (Lipinski definition) is 4. The SMILES string of the molecule is CCOC(=O)C1=C(CN2C[C@H](C)C[C@H](C)C2)NC(=O)N[C@@H]1c1cc(C)ccc1C. The molecule has 6 heteroatoms. The van der Waals surface area contributed by atoms with Gasteiger partial charge in [0.05, 0.1) is 18.2 Å². The van der Waals surface area contributed by atoms with E-state index in [0.29, 0.717) is 36.3 Å². The van der Waals surface area contributed by atoms with Crippen LogP contribution in [0.5, 0.6) is 0 Å². The largest absolute Gasteiger partial charge is 0.463 e. The summed E-state index contributed by atoms with van der Waals surface area (Å²) in [6.45, 7) is 13.1. The molecule has 2 amide bonds. The van der Waals surface area contributed by atoms with Crippen molar-refractivity contribution in [2.75, 3.05) is 26.2 Å². The molecule has 0 aromatic heterocycles. The lowest BCUT2D eigenvalue weighted by atomic mass is 9.89. The Balaban J connectivity index is 2.02. The number of hydrogen-bond donors (Lipinski definition) is 2. The molecule has 1 aromatic rings. The number of likely N-dealkylation sites (tertiary alicyclic amines) is 1. The number of nitrogens with one attached hydrogen (secondary N) is 2. The van der Waals surface area contributed by atoms with Crippen LogP contribution >= 0.6 is 0 Å². The van der Waals surface area contributed by atoms with E-state index in [9.17, 15) is 9.59 Å². The van der Waals surface area contributed by atoms with Crippen molar-refractivity contribution >= 4 is 12.0 Å². The molecular formula is C23H33N3O3. The molecule has 3 rings (SSSR count). The predicted molar refractivity (Wildman–Crippen MR) is 113 cm³/mol. The Morgan fingerprint density at radius 1 is 1.21 bits per heavy atom. The molecule has 0 bridgehead atoms. The Bertz CT molecular complexity index is 808. The number of urea groups is 1. The van der Waals surface area contributed by atoms with Gasteiger partial charge >= 0.3 is 12.0 Å². The molecule has 1 aromatic carbocycles. The van der Waals surface area contributed by atoms with Gasteiger partial charge in [0, 0.05) is 25.3 Å². The molecule has 6 nitrogen and oxygen atoms in total. The van der Waals surface area contributed by atoms with E-state index in [4.69, 9.17) is 4.74 Å². The topological polar surface area (TPSA) is 70.7 Å². The summed E-state index contributed by atoms with van der Waals surface area (Å²) in [4.78, 5) is 27.8. The number of amides is 2. The van der Waals surface area contributed by atoms with E-state index >= 15 is 0 Å². The van der Waals surface area contributed by atoms with Gasteiger partial charge in [0.25, 0.3) is 0 Å². The van der Waals surface area contributed by atoms with E-state index in [1.165, 1.54) is 6.42 Å². The van der Waals surface area contributed by atoms with Crippen molar-refractivity contribution in [2.24, 2.45) is 11.8 Å². The van der Waals surface area contributed by atoms with Gasteiger partial charge in [0.15, 0.2) is 0 Å². The average molecular weight is 400 g/mol. The van der Waals surface area contributed by atoms with Gasteiger partial charge in [-0.3, -0.25) is 4.90 Å². The lowest BCUT2D eigenvalue weighted by molar-refractivity contribution is -0.139. The van der Waals surface area contributed by atoms with Gasteiger partial charge in [0.2, 0.25) is 0 Å². The van der Waals surface area contributed by atoms with Gasteiger partial charge in [-0.15, -0.1) is 0 Å².